The number of carbonyl (C=O) groups is 1. The molecule has 2 amide bonds. The zero-order valence-electron chi connectivity index (χ0n) is 19.8. The van der Waals surface area contributed by atoms with Crippen LogP contribution in [0.4, 0.5) is 23.7 Å². The lowest BCUT2D eigenvalue weighted by Crippen LogP contribution is -2.57. The Morgan fingerprint density at radius 1 is 1.20 bits per heavy atom. The number of hydrogen-bond donors (Lipinski definition) is 0. The summed E-state index contributed by atoms with van der Waals surface area (Å²) < 4.78 is 44.5. The molecule has 0 N–H and O–H groups in total. The number of allylic oxidation sites excluding steroid dienone is 4. The molecule has 6 rings (SSSR count). The minimum Gasteiger partial charge on any atom is -0.339 e. The Labute approximate surface area is 202 Å². The second-order valence-corrected chi connectivity index (χ2v) is 9.79. The number of halogens is 3. The van der Waals surface area contributed by atoms with E-state index in [1.165, 1.54) is 22.6 Å². The van der Waals surface area contributed by atoms with Crippen LogP contribution in [0.25, 0.3) is 0 Å². The Hall–Kier alpha value is -3.10. The number of fused-ring (bicyclic) bond motifs is 3. The van der Waals surface area contributed by atoms with E-state index >= 15 is 0 Å². The molecule has 0 radical (unpaired) electrons. The number of alkyl halides is 3. The summed E-state index contributed by atoms with van der Waals surface area (Å²) in [5.74, 6) is 1.53. The van der Waals surface area contributed by atoms with E-state index in [2.05, 4.69) is 30.3 Å². The summed E-state index contributed by atoms with van der Waals surface area (Å²) >= 11 is 0. The quantitative estimate of drug-likeness (QED) is 0.509. The zero-order valence-corrected chi connectivity index (χ0v) is 19.8. The molecule has 1 aromatic heterocycles. The van der Waals surface area contributed by atoms with E-state index in [0.29, 0.717) is 29.9 Å². The van der Waals surface area contributed by atoms with Gasteiger partial charge >= 0.3 is 12.2 Å². The Bertz CT molecular complexity index is 1140. The molecule has 1 aromatic carbocycles. The van der Waals surface area contributed by atoms with Crippen LogP contribution in [0.15, 0.2) is 52.6 Å². The van der Waals surface area contributed by atoms with E-state index in [9.17, 15) is 18.0 Å². The molecule has 2 aliphatic carbocycles. The van der Waals surface area contributed by atoms with Crippen molar-refractivity contribution in [2.24, 2.45) is 5.92 Å². The fourth-order valence-corrected chi connectivity index (χ4v) is 5.53. The third kappa shape index (κ3) is 4.60. The highest BCUT2D eigenvalue weighted by Crippen LogP contribution is 2.45. The Balaban J connectivity index is 1.32. The van der Waals surface area contributed by atoms with Gasteiger partial charge in [-0.25, -0.2) is 4.79 Å². The average molecular weight is 487 g/mol. The van der Waals surface area contributed by atoms with Gasteiger partial charge in [-0.05, 0) is 67.9 Å². The SMILES string of the molecule is CC(C1=CCCC=C1)c1noc(C2CC3CCC2N(C(=O)N(C)c2ccc(C(F)(F)F)cc2)C3)n1. The lowest BCUT2D eigenvalue weighted by molar-refractivity contribution is -0.137. The highest BCUT2D eigenvalue weighted by atomic mass is 19.4. The van der Waals surface area contributed by atoms with E-state index in [0.717, 1.165) is 44.2 Å². The molecule has 6 nitrogen and oxygen atoms in total. The summed E-state index contributed by atoms with van der Waals surface area (Å²) in [6, 6.07) is 4.36. The number of piperidine rings is 2. The summed E-state index contributed by atoms with van der Waals surface area (Å²) in [6.07, 6.45) is 6.88. The normalized spacial score (nSPS) is 24.9. The average Bonchev–Trinajstić information content (AvgIpc) is 3.38. The van der Waals surface area contributed by atoms with Crippen LogP contribution in [-0.2, 0) is 6.18 Å². The maximum atomic E-state index is 13.4. The molecule has 2 aliphatic heterocycles. The van der Waals surface area contributed by atoms with Crippen LogP contribution >= 0.6 is 0 Å². The number of urea groups is 1. The minimum absolute atomic E-state index is 0.0355. The molecule has 4 unspecified atom stereocenters. The smallest absolute Gasteiger partial charge is 0.339 e. The third-order valence-corrected chi connectivity index (χ3v) is 7.58. The van der Waals surface area contributed by atoms with Gasteiger partial charge in [-0.2, -0.15) is 18.2 Å². The van der Waals surface area contributed by atoms with E-state index in [1.807, 2.05) is 4.90 Å². The largest absolute Gasteiger partial charge is 0.416 e. The monoisotopic (exact) mass is 486 g/mol. The highest BCUT2D eigenvalue weighted by Gasteiger charge is 2.46. The Morgan fingerprint density at radius 2 is 1.97 bits per heavy atom. The number of carbonyl (C=O) groups excluding carboxylic acids is 1. The minimum atomic E-state index is -4.41. The van der Waals surface area contributed by atoms with Crippen LogP contribution in [-0.4, -0.2) is 40.7 Å². The zero-order chi connectivity index (χ0) is 24.7. The maximum absolute atomic E-state index is 13.4. The Morgan fingerprint density at radius 3 is 2.63 bits per heavy atom. The summed E-state index contributed by atoms with van der Waals surface area (Å²) in [5, 5.41) is 4.26. The van der Waals surface area contributed by atoms with Crippen molar-refractivity contribution in [1.82, 2.24) is 15.0 Å². The van der Waals surface area contributed by atoms with E-state index in [4.69, 9.17) is 9.51 Å². The van der Waals surface area contributed by atoms with Crippen molar-refractivity contribution in [3.05, 3.63) is 65.3 Å². The van der Waals surface area contributed by atoms with Gasteiger partial charge in [0.2, 0.25) is 5.89 Å². The molecule has 3 fully saturated rings. The van der Waals surface area contributed by atoms with Crippen LogP contribution < -0.4 is 4.90 Å². The van der Waals surface area contributed by atoms with Crippen molar-refractivity contribution >= 4 is 11.7 Å². The first kappa shape index (κ1) is 23.6. The summed E-state index contributed by atoms with van der Waals surface area (Å²) in [6.45, 7) is 2.69. The highest BCUT2D eigenvalue weighted by molar-refractivity contribution is 5.92. The summed E-state index contributed by atoms with van der Waals surface area (Å²) in [7, 11) is 1.60. The van der Waals surface area contributed by atoms with Gasteiger partial charge < -0.3 is 9.42 Å². The molecule has 4 aliphatic rings. The van der Waals surface area contributed by atoms with Gasteiger partial charge in [-0.1, -0.05) is 30.3 Å². The summed E-state index contributed by atoms with van der Waals surface area (Å²) in [4.78, 5) is 21.4. The second kappa shape index (κ2) is 9.17. The standard InChI is InChI=1S/C26H29F3N4O2/c1-16(18-6-4-3-5-7-18)23-30-24(35-31-23)21-14-17-8-13-22(21)33(15-17)25(34)32(2)20-11-9-19(10-12-20)26(27,28)29/h4,6-7,9-12,16-17,21-22H,3,5,8,13-15H2,1-2H3. The number of nitrogens with zero attached hydrogens (tertiary/aromatic N) is 4. The number of anilines is 1. The molecule has 9 heteroatoms. The number of benzene rings is 1. The van der Waals surface area contributed by atoms with Gasteiger partial charge in [-0.15, -0.1) is 0 Å². The molecular weight excluding hydrogens is 457 g/mol. The molecule has 2 saturated heterocycles. The van der Waals surface area contributed by atoms with Gasteiger partial charge in [0.1, 0.15) is 0 Å². The van der Waals surface area contributed by atoms with Crippen LogP contribution in [0.3, 0.4) is 0 Å². The van der Waals surface area contributed by atoms with Crippen molar-refractivity contribution in [3.63, 3.8) is 0 Å². The van der Waals surface area contributed by atoms with E-state index in [1.54, 1.807) is 7.05 Å². The van der Waals surface area contributed by atoms with Crippen LogP contribution in [0.2, 0.25) is 0 Å². The van der Waals surface area contributed by atoms with Gasteiger partial charge in [0, 0.05) is 31.2 Å². The van der Waals surface area contributed by atoms with Crippen molar-refractivity contribution in [2.75, 3.05) is 18.5 Å². The fourth-order valence-electron chi connectivity index (χ4n) is 5.53. The maximum Gasteiger partial charge on any atom is 0.416 e. The van der Waals surface area contributed by atoms with Gasteiger partial charge in [0.15, 0.2) is 5.82 Å². The molecule has 4 atom stereocenters. The number of amides is 2. The van der Waals surface area contributed by atoms with Crippen molar-refractivity contribution in [3.8, 4) is 0 Å². The van der Waals surface area contributed by atoms with Crippen molar-refractivity contribution in [2.45, 2.75) is 63.1 Å². The van der Waals surface area contributed by atoms with E-state index in [-0.39, 0.29) is 23.9 Å². The number of aromatic nitrogens is 2. The van der Waals surface area contributed by atoms with Crippen molar-refractivity contribution in [1.29, 1.82) is 0 Å². The van der Waals surface area contributed by atoms with Crippen LogP contribution in [0.5, 0.6) is 0 Å². The van der Waals surface area contributed by atoms with Gasteiger partial charge in [0.05, 0.1) is 11.5 Å². The number of rotatable bonds is 4. The van der Waals surface area contributed by atoms with Gasteiger partial charge in [-0.3, -0.25) is 4.90 Å². The van der Waals surface area contributed by atoms with Crippen LogP contribution in [0.1, 0.15) is 68.1 Å². The molecule has 1 saturated carbocycles. The third-order valence-electron chi connectivity index (χ3n) is 7.58. The first-order chi connectivity index (χ1) is 16.7. The lowest BCUT2D eigenvalue weighted by atomic mass is 9.72. The fraction of sp³-hybridized carbons (Fsp3) is 0.500. The molecular formula is C26H29F3N4O2. The van der Waals surface area contributed by atoms with Crippen LogP contribution in [0, 0.1) is 5.92 Å². The predicted octanol–water partition coefficient (Wildman–Crippen LogP) is 6.29. The molecule has 3 heterocycles. The predicted molar refractivity (Wildman–Crippen MR) is 125 cm³/mol. The first-order valence-electron chi connectivity index (χ1n) is 12.1. The summed E-state index contributed by atoms with van der Waals surface area (Å²) in [5.41, 5.74) is 0.868. The molecule has 186 valence electrons. The number of hydrogen-bond acceptors (Lipinski definition) is 4. The van der Waals surface area contributed by atoms with E-state index < -0.39 is 11.7 Å². The first-order valence-corrected chi connectivity index (χ1v) is 12.1. The Kier molecular flexibility index (Phi) is 6.19. The molecule has 0 spiro atoms. The van der Waals surface area contributed by atoms with Crippen molar-refractivity contribution < 1.29 is 22.5 Å². The topological polar surface area (TPSA) is 62.5 Å². The van der Waals surface area contributed by atoms with Gasteiger partial charge in [0.25, 0.3) is 0 Å². The molecule has 35 heavy (non-hydrogen) atoms. The second-order valence-electron chi connectivity index (χ2n) is 9.79. The molecule has 2 aromatic rings. The lowest BCUT2D eigenvalue weighted by Gasteiger charge is -2.49. The molecule has 2 bridgehead atoms.